The zero-order valence-electron chi connectivity index (χ0n) is 16.9. The Labute approximate surface area is 173 Å². The standard InChI is InChI=1S/C22H23N3O5/c1-14-17-5-4-16(28-2)11-19(17)30-22(27)18(14)12-21(26)24-15-3-6-20(23-13-15)25-7-9-29-10-8-25/h3-6,11,13H,7-10,12H2,1-2H3,(H,24,26). The molecule has 8 nitrogen and oxygen atoms in total. The average Bonchev–Trinajstić information content (AvgIpc) is 2.77. The number of nitrogens with one attached hydrogen (secondary N) is 1. The van der Waals surface area contributed by atoms with Gasteiger partial charge in [0.15, 0.2) is 0 Å². The lowest BCUT2D eigenvalue weighted by molar-refractivity contribution is -0.115. The highest BCUT2D eigenvalue weighted by Gasteiger charge is 2.16. The Hall–Kier alpha value is -3.39. The SMILES string of the molecule is COc1ccc2c(C)c(CC(=O)Nc3ccc(N4CCOCC4)nc3)c(=O)oc2c1. The van der Waals surface area contributed by atoms with E-state index in [0.29, 0.717) is 35.8 Å². The van der Waals surface area contributed by atoms with Gasteiger partial charge in [0, 0.05) is 24.5 Å². The second-order valence-corrected chi connectivity index (χ2v) is 7.08. The van der Waals surface area contributed by atoms with Gasteiger partial charge >= 0.3 is 5.63 Å². The third-order valence-electron chi connectivity index (χ3n) is 5.20. The number of benzene rings is 1. The molecule has 2 aromatic heterocycles. The summed E-state index contributed by atoms with van der Waals surface area (Å²) in [6.45, 7) is 4.76. The minimum absolute atomic E-state index is 0.0820. The van der Waals surface area contributed by atoms with Crippen molar-refractivity contribution >= 4 is 28.4 Å². The Bertz CT molecular complexity index is 1120. The molecule has 0 saturated carbocycles. The fourth-order valence-corrected chi connectivity index (χ4v) is 3.51. The number of carbonyl (C=O) groups is 1. The number of aromatic nitrogens is 1. The molecule has 1 aromatic carbocycles. The molecule has 1 saturated heterocycles. The van der Waals surface area contributed by atoms with Gasteiger partial charge in [-0.25, -0.2) is 9.78 Å². The highest BCUT2D eigenvalue weighted by Crippen LogP contribution is 2.24. The van der Waals surface area contributed by atoms with Crippen LogP contribution in [0.3, 0.4) is 0 Å². The Balaban J connectivity index is 1.48. The number of hydrogen-bond acceptors (Lipinski definition) is 7. The summed E-state index contributed by atoms with van der Waals surface area (Å²) in [5.41, 5.74) is 1.54. The average molecular weight is 409 g/mol. The van der Waals surface area contributed by atoms with E-state index < -0.39 is 5.63 Å². The molecule has 0 radical (unpaired) electrons. The van der Waals surface area contributed by atoms with E-state index in [9.17, 15) is 9.59 Å². The van der Waals surface area contributed by atoms with Crippen LogP contribution in [0.1, 0.15) is 11.1 Å². The highest BCUT2D eigenvalue weighted by atomic mass is 16.5. The summed E-state index contributed by atoms with van der Waals surface area (Å²) in [6.07, 6.45) is 1.53. The molecule has 1 aliphatic rings. The monoisotopic (exact) mass is 409 g/mol. The number of hydrogen-bond donors (Lipinski definition) is 1. The highest BCUT2D eigenvalue weighted by molar-refractivity contribution is 5.93. The van der Waals surface area contributed by atoms with Crippen LogP contribution in [-0.2, 0) is 16.0 Å². The maximum absolute atomic E-state index is 12.5. The van der Waals surface area contributed by atoms with Gasteiger partial charge in [0.25, 0.3) is 0 Å². The van der Waals surface area contributed by atoms with Gasteiger partial charge in [0.1, 0.15) is 17.2 Å². The first-order valence-corrected chi connectivity index (χ1v) is 9.74. The largest absolute Gasteiger partial charge is 0.497 e. The van der Waals surface area contributed by atoms with Crippen molar-refractivity contribution < 1.29 is 18.7 Å². The van der Waals surface area contributed by atoms with Crippen LogP contribution in [-0.4, -0.2) is 44.3 Å². The number of aryl methyl sites for hydroxylation is 1. The smallest absolute Gasteiger partial charge is 0.340 e. The Morgan fingerprint density at radius 1 is 1.23 bits per heavy atom. The molecule has 1 fully saturated rings. The van der Waals surface area contributed by atoms with Gasteiger partial charge in [-0.05, 0) is 36.8 Å². The molecule has 1 amide bonds. The Kier molecular flexibility index (Phi) is 5.67. The van der Waals surface area contributed by atoms with Gasteiger partial charge in [-0.1, -0.05) is 0 Å². The summed E-state index contributed by atoms with van der Waals surface area (Å²) in [7, 11) is 1.55. The number of rotatable bonds is 5. The summed E-state index contributed by atoms with van der Waals surface area (Å²) < 4.78 is 15.9. The van der Waals surface area contributed by atoms with E-state index in [2.05, 4.69) is 15.2 Å². The van der Waals surface area contributed by atoms with Crippen molar-refractivity contribution in [3.05, 3.63) is 58.1 Å². The van der Waals surface area contributed by atoms with Crippen molar-refractivity contribution in [2.24, 2.45) is 0 Å². The number of anilines is 2. The van der Waals surface area contributed by atoms with Crippen LogP contribution < -0.4 is 20.6 Å². The molecular formula is C22H23N3O5. The number of morpholine rings is 1. The molecule has 0 unspecified atom stereocenters. The fourth-order valence-electron chi connectivity index (χ4n) is 3.51. The van der Waals surface area contributed by atoms with E-state index in [4.69, 9.17) is 13.9 Å². The summed E-state index contributed by atoms with van der Waals surface area (Å²) in [5, 5.41) is 3.57. The maximum atomic E-state index is 12.5. The number of amides is 1. The van der Waals surface area contributed by atoms with Crippen LogP contribution in [0.15, 0.2) is 45.7 Å². The van der Waals surface area contributed by atoms with Crippen LogP contribution in [0, 0.1) is 6.92 Å². The van der Waals surface area contributed by atoms with Crippen molar-refractivity contribution in [1.82, 2.24) is 4.98 Å². The van der Waals surface area contributed by atoms with E-state index in [1.807, 2.05) is 19.1 Å². The number of carbonyl (C=O) groups excluding carboxylic acids is 1. The van der Waals surface area contributed by atoms with Gasteiger partial charge in [-0.2, -0.15) is 0 Å². The summed E-state index contributed by atoms with van der Waals surface area (Å²) in [5.74, 6) is 1.14. The quantitative estimate of drug-likeness (QED) is 0.647. The zero-order valence-corrected chi connectivity index (χ0v) is 16.9. The van der Waals surface area contributed by atoms with E-state index in [-0.39, 0.29) is 12.3 Å². The Morgan fingerprint density at radius 2 is 2.03 bits per heavy atom. The molecule has 8 heteroatoms. The van der Waals surface area contributed by atoms with E-state index in [1.165, 1.54) is 0 Å². The van der Waals surface area contributed by atoms with Crippen LogP contribution in [0.5, 0.6) is 5.75 Å². The van der Waals surface area contributed by atoms with Gasteiger partial charge in [-0.3, -0.25) is 4.79 Å². The first-order valence-electron chi connectivity index (χ1n) is 9.74. The van der Waals surface area contributed by atoms with Gasteiger partial charge in [0.05, 0.1) is 44.2 Å². The lowest BCUT2D eigenvalue weighted by Crippen LogP contribution is -2.36. The number of methoxy groups -OCH3 is 1. The molecule has 4 rings (SSSR count). The summed E-state index contributed by atoms with van der Waals surface area (Å²) in [4.78, 5) is 31.5. The maximum Gasteiger partial charge on any atom is 0.340 e. The van der Waals surface area contributed by atoms with Crippen LogP contribution >= 0.6 is 0 Å². The fraction of sp³-hybridized carbons (Fsp3) is 0.318. The van der Waals surface area contributed by atoms with Crippen LogP contribution in [0.25, 0.3) is 11.0 Å². The van der Waals surface area contributed by atoms with Crippen molar-refractivity contribution in [3.8, 4) is 5.75 Å². The molecule has 3 aromatic rings. The summed E-state index contributed by atoms with van der Waals surface area (Å²) >= 11 is 0. The van der Waals surface area contributed by atoms with Crippen molar-refractivity contribution in [2.75, 3.05) is 43.6 Å². The third kappa shape index (κ3) is 4.13. The lowest BCUT2D eigenvalue weighted by atomic mass is 10.0. The molecule has 1 N–H and O–H groups in total. The van der Waals surface area contributed by atoms with Crippen molar-refractivity contribution in [2.45, 2.75) is 13.3 Å². The first-order chi connectivity index (χ1) is 14.5. The molecule has 30 heavy (non-hydrogen) atoms. The molecule has 0 bridgehead atoms. The second-order valence-electron chi connectivity index (χ2n) is 7.08. The molecule has 0 aliphatic carbocycles. The lowest BCUT2D eigenvalue weighted by Gasteiger charge is -2.27. The first kappa shape index (κ1) is 19.9. The van der Waals surface area contributed by atoms with E-state index in [0.717, 1.165) is 29.9 Å². The number of nitrogens with zero attached hydrogens (tertiary/aromatic N) is 2. The number of ether oxygens (including phenoxy) is 2. The molecule has 0 atom stereocenters. The summed E-state index contributed by atoms with van der Waals surface area (Å²) in [6, 6.07) is 8.94. The molecule has 0 spiro atoms. The van der Waals surface area contributed by atoms with Gasteiger partial charge in [0.2, 0.25) is 5.91 Å². The van der Waals surface area contributed by atoms with Crippen molar-refractivity contribution in [3.63, 3.8) is 0 Å². The minimum Gasteiger partial charge on any atom is -0.497 e. The Morgan fingerprint density at radius 3 is 2.73 bits per heavy atom. The predicted molar refractivity (Wildman–Crippen MR) is 113 cm³/mol. The van der Waals surface area contributed by atoms with Crippen LogP contribution in [0.4, 0.5) is 11.5 Å². The molecule has 1 aliphatic heterocycles. The zero-order chi connectivity index (χ0) is 21.1. The number of pyridine rings is 1. The number of fused-ring (bicyclic) bond motifs is 1. The van der Waals surface area contributed by atoms with E-state index >= 15 is 0 Å². The predicted octanol–water partition coefficient (Wildman–Crippen LogP) is 2.52. The topological polar surface area (TPSA) is 93.9 Å². The van der Waals surface area contributed by atoms with Gasteiger partial charge in [-0.15, -0.1) is 0 Å². The molecular weight excluding hydrogens is 386 g/mol. The normalized spacial score (nSPS) is 14.0. The van der Waals surface area contributed by atoms with Crippen molar-refractivity contribution in [1.29, 1.82) is 0 Å². The van der Waals surface area contributed by atoms with Crippen LogP contribution in [0.2, 0.25) is 0 Å². The second kappa shape index (κ2) is 8.54. The molecule has 3 heterocycles. The van der Waals surface area contributed by atoms with Gasteiger partial charge < -0.3 is 24.1 Å². The minimum atomic E-state index is -0.524. The van der Waals surface area contributed by atoms with E-state index in [1.54, 1.807) is 31.5 Å². The molecule has 156 valence electrons. The third-order valence-corrected chi connectivity index (χ3v) is 5.20.